The molecule has 0 amide bonds. The van der Waals surface area contributed by atoms with Crippen molar-refractivity contribution in [1.82, 2.24) is 9.97 Å². The number of rotatable bonds is 6. The topological polar surface area (TPSA) is 113 Å². The van der Waals surface area contributed by atoms with Crippen molar-refractivity contribution in [2.24, 2.45) is 0 Å². The molecule has 1 aliphatic rings. The van der Waals surface area contributed by atoms with Gasteiger partial charge in [-0.2, -0.15) is 13.2 Å². The van der Waals surface area contributed by atoms with E-state index in [1.165, 1.54) is 48.8 Å². The van der Waals surface area contributed by atoms with Gasteiger partial charge < -0.3 is 19.8 Å². The van der Waals surface area contributed by atoms with E-state index in [9.17, 15) is 33.0 Å². The summed E-state index contributed by atoms with van der Waals surface area (Å²) in [5.41, 5.74) is -0.624. The van der Waals surface area contributed by atoms with Gasteiger partial charge in [0, 0.05) is 43.9 Å². The van der Waals surface area contributed by atoms with Crippen molar-refractivity contribution >= 4 is 17.8 Å². The number of aromatic carboxylic acids is 2. The molecule has 0 spiro atoms. The fourth-order valence-electron chi connectivity index (χ4n) is 3.90. The maximum Gasteiger partial charge on any atom is 0.419 e. The Morgan fingerprint density at radius 1 is 1.00 bits per heavy atom. The number of alkyl halides is 3. The fourth-order valence-corrected chi connectivity index (χ4v) is 3.90. The van der Waals surface area contributed by atoms with E-state index in [2.05, 4.69) is 9.97 Å². The monoisotopic (exact) mass is 487 g/mol. The minimum atomic E-state index is -4.52. The van der Waals surface area contributed by atoms with Crippen LogP contribution in [0.5, 0.6) is 5.75 Å². The zero-order chi connectivity index (χ0) is 25.2. The highest BCUT2D eigenvalue weighted by Gasteiger charge is 2.35. The molecule has 0 aliphatic carbocycles. The minimum absolute atomic E-state index is 0.0374. The van der Waals surface area contributed by atoms with E-state index in [1.807, 2.05) is 4.90 Å². The lowest BCUT2D eigenvalue weighted by atomic mass is 10.0. The van der Waals surface area contributed by atoms with E-state index in [1.54, 1.807) is 0 Å². The van der Waals surface area contributed by atoms with Gasteiger partial charge in [0.2, 0.25) is 0 Å². The first-order valence-electron chi connectivity index (χ1n) is 10.6. The van der Waals surface area contributed by atoms with Gasteiger partial charge in [0.15, 0.2) is 0 Å². The van der Waals surface area contributed by atoms with Crippen molar-refractivity contribution in [3.05, 3.63) is 71.5 Å². The molecule has 0 unspecified atom stereocenters. The van der Waals surface area contributed by atoms with Gasteiger partial charge in [0.25, 0.3) is 0 Å². The standard InChI is InChI=1S/C24H20F3N3O5/c25-24(26,27)18-3-1-2-4-20(18)35-15-6-9-30(10-7-15)21-12-16(23(33)34)17(13-29-21)19-11-14(22(31)32)5-8-28-19/h1-5,8,11-13,15H,6-7,9-10H2,(H,31,32)(H,33,34). The van der Waals surface area contributed by atoms with Gasteiger partial charge in [-0.25, -0.2) is 14.6 Å². The van der Waals surface area contributed by atoms with Crippen LogP contribution in [0, 0.1) is 0 Å². The summed E-state index contributed by atoms with van der Waals surface area (Å²) < 4.78 is 45.3. The molecule has 182 valence electrons. The Balaban J connectivity index is 1.50. The first kappa shape index (κ1) is 24.0. The number of carboxylic acid groups (broad SMARTS) is 2. The second kappa shape index (κ2) is 9.61. The SMILES string of the molecule is O=C(O)c1ccnc(-c2cnc(N3CCC(Oc4ccccc4C(F)(F)F)CC3)cc2C(=O)O)c1. The fraction of sp³-hybridized carbons (Fsp3) is 0.250. The highest BCUT2D eigenvalue weighted by atomic mass is 19.4. The summed E-state index contributed by atoms with van der Waals surface area (Å²) in [6.45, 7) is 0.800. The molecule has 35 heavy (non-hydrogen) atoms. The molecule has 1 fully saturated rings. The summed E-state index contributed by atoms with van der Waals surface area (Å²) in [6, 6.07) is 9.01. The van der Waals surface area contributed by atoms with Crippen molar-refractivity contribution in [2.45, 2.75) is 25.1 Å². The predicted molar refractivity (Wildman–Crippen MR) is 119 cm³/mol. The molecule has 11 heteroatoms. The van der Waals surface area contributed by atoms with E-state index in [-0.39, 0.29) is 28.1 Å². The van der Waals surface area contributed by atoms with Gasteiger partial charge in [-0.3, -0.25) is 4.98 Å². The molecule has 0 saturated carbocycles. The highest BCUT2D eigenvalue weighted by Crippen LogP contribution is 2.37. The number of carboxylic acids is 2. The third-order valence-electron chi connectivity index (χ3n) is 5.65. The average molecular weight is 487 g/mol. The number of para-hydroxylation sites is 1. The van der Waals surface area contributed by atoms with Crippen LogP contribution >= 0.6 is 0 Å². The summed E-state index contributed by atoms with van der Waals surface area (Å²) in [5.74, 6) is -2.23. The molecular formula is C24H20F3N3O5. The lowest BCUT2D eigenvalue weighted by Gasteiger charge is -2.33. The molecule has 3 aromatic rings. The van der Waals surface area contributed by atoms with Crippen LogP contribution in [-0.2, 0) is 6.18 Å². The molecule has 1 aromatic carbocycles. The third kappa shape index (κ3) is 5.34. The van der Waals surface area contributed by atoms with Crippen LogP contribution in [0.2, 0.25) is 0 Å². The lowest BCUT2D eigenvalue weighted by molar-refractivity contribution is -0.139. The molecule has 1 saturated heterocycles. The number of anilines is 1. The number of benzene rings is 1. The quantitative estimate of drug-likeness (QED) is 0.519. The van der Waals surface area contributed by atoms with Crippen LogP contribution in [0.4, 0.5) is 19.0 Å². The number of ether oxygens (including phenoxy) is 1. The van der Waals surface area contributed by atoms with Crippen LogP contribution in [0.3, 0.4) is 0 Å². The zero-order valence-corrected chi connectivity index (χ0v) is 18.2. The number of hydrogen-bond donors (Lipinski definition) is 2. The molecule has 1 aliphatic heterocycles. The van der Waals surface area contributed by atoms with E-state index in [0.29, 0.717) is 31.7 Å². The highest BCUT2D eigenvalue weighted by molar-refractivity contribution is 5.97. The summed E-state index contributed by atoms with van der Waals surface area (Å²) in [7, 11) is 0. The molecule has 3 heterocycles. The number of halogens is 3. The maximum absolute atomic E-state index is 13.2. The summed E-state index contributed by atoms with van der Waals surface area (Å²) >= 11 is 0. The second-order valence-corrected chi connectivity index (χ2v) is 7.93. The average Bonchev–Trinajstić information content (AvgIpc) is 2.84. The second-order valence-electron chi connectivity index (χ2n) is 7.93. The van der Waals surface area contributed by atoms with E-state index in [0.717, 1.165) is 6.07 Å². The van der Waals surface area contributed by atoms with Crippen LogP contribution in [0.25, 0.3) is 11.3 Å². The van der Waals surface area contributed by atoms with Gasteiger partial charge in [-0.05, 0) is 30.3 Å². The molecule has 2 N–H and O–H groups in total. The normalized spacial score (nSPS) is 14.5. The Labute approximate surface area is 197 Å². The number of hydrogen-bond acceptors (Lipinski definition) is 6. The van der Waals surface area contributed by atoms with Crippen molar-refractivity contribution in [3.63, 3.8) is 0 Å². The number of carbonyl (C=O) groups is 2. The van der Waals surface area contributed by atoms with Crippen molar-refractivity contribution in [2.75, 3.05) is 18.0 Å². The zero-order valence-electron chi connectivity index (χ0n) is 18.2. The first-order valence-corrected chi connectivity index (χ1v) is 10.6. The van der Waals surface area contributed by atoms with Crippen LogP contribution in [0.15, 0.2) is 54.9 Å². The maximum atomic E-state index is 13.2. The van der Waals surface area contributed by atoms with Crippen LogP contribution in [0.1, 0.15) is 39.1 Å². The Kier molecular flexibility index (Phi) is 6.59. The predicted octanol–water partition coefficient (Wildman–Crippen LogP) is 4.61. The Hall–Kier alpha value is -4.15. The molecule has 0 bridgehead atoms. The van der Waals surface area contributed by atoms with E-state index < -0.39 is 29.8 Å². The van der Waals surface area contributed by atoms with E-state index in [4.69, 9.17) is 4.74 Å². The molecule has 0 radical (unpaired) electrons. The first-order chi connectivity index (χ1) is 16.6. The Bertz CT molecular complexity index is 1260. The van der Waals surface area contributed by atoms with Crippen LogP contribution in [-0.4, -0.2) is 51.3 Å². The molecule has 2 aromatic heterocycles. The number of nitrogens with zero attached hydrogens (tertiary/aromatic N) is 3. The largest absolute Gasteiger partial charge is 0.490 e. The van der Waals surface area contributed by atoms with Crippen molar-refractivity contribution < 1.29 is 37.7 Å². The molecule has 0 atom stereocenters. The van der Waals surface area contributed by atoms with Gasteiger partial charge in [0.05, 0.1) is 22.4 Å². The van der Waals surface area contributed by atoms with Gasteiger partial charge in [-0.1, -0.05) is 12.1 Å². The van der Waals surface area contributed by atoms with Gasteiger partial charge >= 0.3 is 18.1 Å². The van der Waals surface area contributed by atoms with Crippen molar-refractivity contribution in [1.29, 1.82) is 0 Å². The van der Waals surface area contributed by atoms with Crippen LogP contribution < -0.4 is 9.64 Å². The summed E-state index contributed by atoms with van der Waals surface area (Å²) in [5, 5.41) is 18.9. The third-order valence-corrected chi connectivity index (χ3v) is 5.65. The number of pyridine rings is 2. The molecule has 4 rings (SSSR count). The Morgan fingerprint density at radius 3 is 2.37 bits per heavy atom. The smallest absolute Gasteiger partial charge is 0.419 e. The molecular weight excluding hydrogens is 467 g/mol. The number of piperidine rings is 1. The summed E-state index contributed by atoms with van der Waals surface area (Å²) in [4.78, 5) is 33.4. The minimum Gasteiger partial charge on any atom is -0.490 e. The number of aromatic nitrogens is 2. The van der Waals surface area contributed by atoms with Crippen molar-refractivity contribution in [3.8, 4) is 17.0 Å². The van der Waals surface area contributed by atoms with E-state index >= 15 is 0 Å². The van der Waals surface area contributed by atoms with Gasteiger partial charge in [-0.15, -0.1) is 0 Å². The lowest BCUT2D eigenvalue weighted by Crippen LogP contribution is -2.39. The summed E-state index contributed by atoms with van der Waals surface area (Å²) in [6.07, 6.45) is -1.51. The Morgan fingerprint density at radius 2 is 1.71 bits per heavy atom. The molecule has 8 nitrogen and oxygen atoms in total. The van der Waals surface area contributed by atoms with Gasteiger partial charge in [0.1, 0.15) is 17.7 Å².